The minimum Gasteiger partial charge on any atom is -0.355 e. The van der Waals surface area contributed by atoms with Crippen LogP contribution < -0.4 is 5.32 Å². The summed E-state index contributed by atoms with van der Waals surface area (Å²) in [5.41, 5.74) is 0.366. The standard InChI is InChI=1S/C14H19ClFNOS/c1-14(2,3)19-7-6-17-13(18)8-10-4-5-11(15)9-12(10)16/h4-5,9H,6-8H2,1-3H3,(H,17,18). The Morgan fingerprint density at radius 3 is 2.68 bits per heavy atom. The molecule has 1 aromatic rings. The van der Waals surface area contributed by atoms with Gasteiger partial charge in [-0.25, -0.2) is 4.39 Å². The summed E-state index contributed by atoms with van der Waals surface area (Å²) < 4.78 is 13.7. The van der Waals surface area contributed by atoms with Gasteiger partial charge in [-0.1, -0.05) is 38.4 Å². The van der Waals surface area contributed by atoms with Gasteiger partial charge >= 0.3 is 0 Å². The number of carbonyl (C=O) groups is 1. The highest BCUT2D eigenvalue weighted by Crippen LogP contribution is 2.22. The summed E-state index contributed by atoms with van der Waals surface area (Å²) in [6.07, 6.45) is 0.0448. The van der Waals surface area contributed by atoms with E-state index in [0.717, 1.165) is 5.75 Å². The van der Waals surface area contributed by atoms with Crippen molar-refractivity contribution in [2.24, 2.45) is 0 Å². The second-order valence-electron chi connectivity index (χ2n) is 5.22. The Hall–Kier alpha value is -0.740. The maximum atomic E-state index is 13.5. The molecule has 0 saturated heterocycles. The summed E-state index contributed by atoms with van der Waals surface area (Å²) in [5, 5.41) is 3.12. The third-order valence-electron chi connectivity index (χ3n) is 2.33. The summed E-state index contributed by atoms with van der Waals surface area (Å²) in [5.74, 6) is 0.237. The Morgan fingerprint density at radius 2 is 2.11 bits per heavy atom. The summed E-state index contributed by atoms with van der Waals surface area (Å²) >= 11 is 7.44. The molecule has 0 unspecified atom stereocenters. The zero-order valence-corrected chi connectivity index (χ0v) is 13.0. The van der Waals surface area contributed by atoms with Gasteiger partial charge in [-0.3, -0.25) is 4.79 Å². The largest absolute Gasteiger partial charge is 0.355 e. The van der Waals surface area contributed by atoms with E-state index >= 15 is 0 Å². The minimum atomic E-state index is -0.438. The molecule has 2 nitrogen and oxygen atoms in total. The van der Waals surface area contributed by atoms with Crippen LogP contribution in [-0.2, 0) is 11.2 Å². The minimum absolute atomic E-state index is 0.0448. The van der Waals surface area contributed by atoms with Crippen molar-refractivity contribution in [3.8, 4) is 0 Å². The van der Waals surface area contributed by atoms with Crippen LogP contribution in [0.2, 0.25) is 5.02 Å². The van der Waals surface area contributed by atoms with Gasteiger partial charge in [-0.15, -0.1) is 0 Å². The zero-order valence-electron chi connectivity index (χ0n) is 11.4. The predicted octanol–water partition coefficient (Wildman–Crippen LogP) is 3.67. The lowest BCUT2D eigenvalue weighted by Crippen LogP contribution is -2.28. The Bertz CT molecular complexity index is 446. The summed E-state index contributed by atoms with van der Waals surface area (Å²) in [4.78, 5) is 11.7. The highest BCUT2D eigenvalue weighted by Gasteiger charge is 2.11. The molecule has 0 aliphatic rings. The number of carbonyl (C=O) groups excluding carboxylic acids is 1. The quantitative estimate of drug-likeness (QED) is 0.841. The molecule has 0 aliphatic carbocycles. The number of amides is 1. The number of rotatable bonds is 5. The monoisotopic (exact) mass is 303 g/mol. The fraction of sp³-hybridized carbons (Fsp3) is 0.500. The normalized spacial score (nSPS) is 11.4. The van der Waals surface area contributed by atoms with E-state index in [-0.39, 0.29) is 17.1 Å². The zero-order chi connectivity index (χ0) is 14.5. The first-order valence-electron chi connectivity index (χ1n) is 6.12. The van der Waals surface area contributed by atoms with Gasteiger partial charge in [0, 0.05) is 22.1 Å². The first-order valence-corrected chi connectivity index (χ1v) is 7.49. The lowest BCUT2D eigenvalue weighted by atomic mass is 10.1. The molecule has 0 aliphatic heterocycles. The first kappa shape index (κ1) is 16.3. The van der Waals surface area contributed by atoms with Crippen LogP contribution in [-0.4, -0.2) is 23.0 Å². The second-order valence-corrected chi connectivity index (χ2v) is 7.58. The van der Waals surface area contributed by atoms with Gasteiger partial charge in [0.25, 0.3) is 0 Å². The molecule has 0 radical (unpaired) electrons. The summed E-state index contributed by atoms with van der Waals surface area (Å²) in [6.45, 7) is 6.98. The lowest BCUT2D eigenvalue weighted by molar-refractivity contribution is -0.120. The molecule has 5 heteroatoms. The molecular formula is C14H19ClFNOS. The van der Waals surface area contributed by atoms with Crippen LogP contribution in [0.5, 0.6) is 0 Å². The molecule has 0 fully saturated rings. The maximum Gasteiger partial charge on any atom is 0.224 e. The Balaban J connectivity index is 2.35. The average molecular weight is 304 g/mol. The molecule has 106 valence electrons. The number of hydrogen-bond acceptors (Lipinski definition) is 2. The third-order valence-corrected chi connectivity index (χ3v) is 3.83. The van der Waals surface area contributed by atoms with Crippen LogP contribution in [0.3, 0.4) is 0 Å². The molecule has 19 heavy (non-hydrogen) atoms. The van der Waals surface area contributed by atoms with E-state index in [1.54, 1.807) is 23.9 Å². The van der Waals surface area contributed by atoms with E-state index in [1.807, 2.05) is 0 Å². The van der Waals surface area contributed by atoms with Crippen LogP contribution in [0.25, 0.3) is 0 Å². The van der Waals surface area contributed by atoms with Crippen molar-refractivity contribution in [1.29, 1.82) is 0 Å². The molecule has 1 aromatic carbocycles. The smallest absolute Gasteiger partial charge is 0.224 e. The van der Waals surface area contributed by atoms with Crippen LogP contribution >= 0.6 is 23.4 Å². The highest BCUT2D eigenvalue weighted by atomic mass is 35.5. The molecule has 0 atom stereocenters. The molecule has 0 heterocycles. The highest BCUT2D eigenvalue weighted by molar-refractivity contribution is 8.00. The molecular weight excluding hydrogens is 285 g/mol. The fourth-order valence-electron chi connectivity index (χ4n) is 1.45. The molecule has 0 aromatic heterocycles. The van der Waals surface area contributed by atoms with Crippen molar-refractivity contribution in [2.75, 3.05) is 12.3 Å². The molecule has 1 rings (SSSR count). The van der Waals surface area contributed by atoms with Crippen molar-refractivity contribution < 1.29 is 9.18 Å². The van der Waals surface area contributed by atoms with E-state index < -0.39 is 5.82 Å². The van der Waals surface area contributed by atoms with Gasteiger partial charge in [0.2, 0.25) is 5.91 Å². The lowest BCUT2D eigenvalue weighted by Gasteiger charge is -2.17. The van der Waals surface area contributed by atoms with Crippen LogP contribution in [0, 0.1) is 5.82 Å². The van der Waals surface area contributed by atoms with Gasteiger partial charge in [0.1, 0.15) is 5.82 Å². The number of thioether (sulfide) groups is 1. The van der Waals surface area contributed by atoms with Crippen molar-refractivity contribution in [1.82, 2.24) is 5.32 Å². The van der Waals surface area contributed by atoms with Crippen molar-refractivity contribution in [2.45, 2.75) is 31.9 Å². The third kappa shape index (κ3) is 6.83. The van der Waals surface area contributed by atoms with Gasteiger partial charge in [0.05, 0.1) is 6.42 Å². The van der Waals surface area contributed by atoms with Crippen LogP contribution in [0.1, 0.15) is 26.3 Å². The number of benzene rings is 1. The molecule has 1 N–H and O–H groups in total. The van der Waals surface area contributed by atoms with Gasteiger partial charge in [-0.05, 0) is 17.7 Å². The Morgan fingerprint density at radius 1 is 1.42 bits per heavy atom. The number of hydrogen-bond donors (Lipinski definition) is 1. The Kier molecular flexibility index (Phi) is 6.14. The molecule has 0 spiro atoms. The van der Waals surface area contributed by atoms with E-state index in [4.69, 9.17) is 11.6 Å². The predicted molar refractivity (Wildman–Crippen MR) is 80.3 cm³/mol. The van der Waals surface area contributed by atoms with Crippen molar-refractivity contribution in [3.05, 3.63) is 34.6 Å². The van der Waals surface area contributed by atoms with E-state index in [0.29, 0.717) is 17.1 Å². The van der Waals surface area contributed by atoms with Gasteiger partial charge < -0.3 is 5.32 Å². The van der Waals surface area contributed by atoms with Gasteiger partial charge in [0.15, 0.2) is 0 Å². The van der Waals surface area contributed by atoms with Gasteiger partial charge in [-0.2, -0.15) is 11.8 Å². The average Bonchev–Trinajstić information content (AvgIpc) is 2.27. The van der Waals surface area contributed by atoms with Crippen molar-refractivity contribution >= 4 is 29.3 Å². The van der Waals surface area contributed by atoms with E-state index in [9.17, 15) is 9.18 Å². The van der Waals surface area contributed by atoms with Crippen molar-refractivity contribution in [3.63, 3.8) is 0 Å². The fourth-order valence-corrected chi connectivity index (χ4v) is 2.42. The molecule has 0 saturated carbocycles. The Labute approximate surface area is 123 Å². The topological polar surface area (TPSA) is 29.1 Å². The van der Waals surface area contributed by atoms with Crippen LogP contribution in [0.15, 0.2) is 18.2 Å². The first-order chi connectivity index (χ1) is 8.78. The van der Waals surface area contributed by atoms with Crippen LogP contribution in [0.4, 0.5) is 4.39 Å². The SMILES string of the molecule is CC(C)(C)SCCNC(=O)Cc1ccc(Cl)cc1F. The number of nitrogens with one attached hydrogen (secondary N) is 1. The summed E-state index contributed by atoms with van der Waals surface area (Å²) in [6, 6.07) is 4.35. The van der Waals surface area contributed by atoms with E-state index in [2.05, 4.69) is 26.1 Å². The molecule has 0 bridgehead atoms. The number of halogens is 2. The molecule has 1 amide bonds. The maximum absolute atomic E-state index is 13.5. The van der Waals surface area contributed by atoms with E-state index in [1.165, 1.54) is 6.07 Å². The second kappa shape index (κ2) is 7.15. The summed E-state index contributed by atoms with van der Waals surface area (Å²) in [7, 11) is 0.